The van der Waals surface area contributed by atoms with Crippen LogP contribution >= 0.6 is 0 Å². The van der Waals surface area contributed by atoms with Gasteiger partial charge in [-0.25, -0.2) is 4.98 Å². The Hall–Kier alpha value is -4.30. The smallest absolute Gasteiger partial charge is 0.247 e. The number of imidazole rings is 1. The number of H-pyrrole nitrogens is 1. The first-order chi connectivity index (χ1) is 19.6. The number of aliphatic hydroxyl groups is 1. The van der Waals surface area contributed by atoms with Gasteiger partial charge in [0.05, 0.1) is 22.8 Å². The summed E-state index contributed by atoms with van der Waals surface area (Å²) in [5.74, 6) is 0.764. The zero-order chi connectivity index (χ0) is 26.8. The zero-order valence-electron chi connectivity index (χ0n) is 22.2. The van der Waals surface area contributed by atoms with E-state index >= 15 is 0 Å². The molecule has 8 rings (SSSR count). The molecule has 5 aromatic rings. The normalized spacial score (nSPS) is 19.4. The molecular weight excluding hydrogens is 500 g/mol. The van der Waals surface area contributed by atoms with Crippen LogP contribution in [0.1, 0.15) is 37.3 Å². The average Bonchev–Trinajstić information content (AvgIpc) is 3.60. The summed E-state index contributed by atoms with van der Waals surface area (Å²) in [6.45, 7) is 1.65. The van der Waals surface area contributed by atoms with Crippen LogP contribution in [0.15, 0.2) is 66.9 Å². The number of carbonyl (C=O) groups excluding carboxylic acids is 1. The summed E-state index contributed by atoms with van der Waals surface area (Å²) in [5.41, 5.74) is 7.87. The summed E-state index contributed by atoms with van der Waals surface area (Å²) in [6.07, 6.45) is 6.27. The second kappa shape index (κ2) is 9.13. The number of aliphatic hydroxyl groups excluding tert-OH is 1. The van der Waals surface area contributed by atoms with Crippen LogP contribution in [0.4, 0.5) is 17.1 Å². The third-order valence-electron chi connectivity index (χ3n) is 8.67. The highest BCUT2D eigenvalue weighted by molar-refractivity contribution is 6.02. The Kier molecular flexibility index (Phi) is 5.38. The summed E-state index contributed by atoms with van der Waals surface area (Å²) >= 11 is 0. The lowest BCUT2D eigenvalue weighted by molar-refractivity contribution is -0.119. The van der Waals surface area contributed by atoms with Crippen LogP contribution in [0.3, 0.4) is 0 Å². The molecule has 1 amide bonds. The van der Waals surface area contributed by atoms with E-state index in [1.807, 2.05) is 30.5 Å². The molecule has 1 saturated carbocycles. The molecule has 202 valence electrons. The maximum Gasteiger partial charge on any atom is 0.247 e. The van der Waals surface area contributed by atoms with E-state index < -0.39 is 6.04 Å². The van der Waals surface area contributed by atoms with Gasteiger partial charge >= 0.3 is 0 Å². The molecule has 1 aliphatic carbocycles. The van der Waals surface area contributed by atoms with Gasteiger partial charge in [0.1, 0.15) is 11.9 Å². The van der Waals surface area contributed by atoms with Gasteiger partial charge in [0, 0.05) is 59.6 Å². The largest absolute Gasteiger partial charge is 0.393 e. The maximum absolute atomic E-state index is 13.9. The minimum Gasteiger partial charge on any atom is -0.393 e. The van der Waals surface area contributed by atoms with Crippen molar-refractivity contribution >= 4 is 44.9 Å². The predicted molar refractivity (Wildman–Crippen MR) is 159 cm³/mol. The molecule has 4 N–H and O–H groups in total. The van der Waals surface area contributed by atoms with Gasteiger partial charge in [-0.05, 0) is 73.7 Å². The number of nitrogens with zero attached hydrogens (tertiary/aromatic N) is 3. The van der Waals surface area contributed by atoms with Gasteiger partial charge in [-0.2, -0.15) is 0 Å². The molecule has 2 aliphatic heterocycles. The Bertz CT molecular complexity index is 1760. The average molecular weight is 533 g/mol. The van der Waals surface area contributed by atoms with Crippen LogP contribution in [-0.4, -0.2) is 50.8 Å². The number of aromatic nitrogens is 3. The molecule has 0 bridgehead atoms. The third-order valence-corrected chi connectivity index (χ3v) is 8.67. The standard InChI is InChI=1S/C32H32N6O2/c39-23-11-13-37(14-12-23)22-8-10-29-28(17-22)35-31-25-16-21(34-20-5-6-20)7-9-27(25)36-32(40)30(38(29)31)15-19-18-33-26-4-2-1-3-24(19)26/h1-4,7-10,16-18,20,23,30,33-34,39H,5-6,11-15H2,(H,36,40). The number of para-hydroxylation sites is 1. The molecule has 3 aromatic carbocycles. The highest BCUT2D eigenvalue weighted by Crippen LogP contribution is 2.41. The van der Waals surface area contributed by atoms with Gasteiger partial charge in [-0.15, -0.1) is 0 Å². The number of nitrogens with one attached hydrogen (secondary N) is 3. The van der Waals surface area contributed by atoms with Crippen molar-refractivity contribution in [3.8, 4) is 11.4 Å². The molecule has 8 nitrogen and oxygen atoms in total. The fourth-order valence-electron chi connectivity index (χ4n) is 6.33. The number of aromatic amines is 1. The molecular formula is C32H32N6O2. The van der Waals surface area contributed by atoms with E-state index in [1.165, 1.54) is 12.8 Å². The van der Waals surface area contributed by atoms with Crippen LogP contribution in [0.5, 0.6) is 0 Å². The highest BCUT2D eigenvalue weighted by atomic mass is 16.3. The molecule has 2 fully saturated rings. The third kappa shape index (κ3) is 4.02. The van der Waals surface area contributed by atoms with Crippen LogP contribution in [0.25, 0.3) is 33.3 Å². The lowest BCUT2D eigenvalue weighted by atomic mass is 10.0. The number of benzene rings is 3. The number of rotatable bonds is 5. The summed E-state index contributed by atoms with van der Waals surface area (Å²) in [6, 6.07) is 20.8. The Morgan fingerprint density at radius 3 is 2.70 bits per heavy atom. The van der Waals surface area contributed by atoms with Crippen LogP contribution in [0.2, 0.25) is 0 Å². The van der Waals surface area contributed by atoms with E-state index in [2.05, 4.69) is 61.5 Å². The number of hydrogen-bond donors (Lipinski definition) is 4. The van der Waals surface area contributed by atoms with E-state index in [-0.39, 0.29) is 12.0 Å². The van der Waals surface area contributed by atoms with Crippen molar-refractivity contribution in [1.29, 1.82) is 0 Å². The van der Waals surface area contributed by atoms with Crippen molar-refractivity contribution in [2.45, 2.75) is 50.3 Å². The first-order valence-corrected chi connectivity index (χ1v) is 14.3. The number of hydrogen-bond acceptors (Lipinski definition) is 5. The SMILES string of the molecule is O=C1Nc2ccc(NC3CC3)cc2-c2nc3cc(N4CCC(O)CC4)ccc3n2C1Cc1c[nH]c2ccccc12. The number of piperidine rings is 1. The van der Waals surface area contributed by atoms with Crippen molar-refractivity contribution in [3.05, 3.63) is 72.4 Å². The van der Waals surface area contributed by atoms with Crippen molar-refractivity contribution < 1.29 is 9.90 Å². The van der Waals surface area contributed by atoms with E-state index in [0.29, 0.717) is 12.5 Å². The topological polar surface area (TPSA) is 98.2 Å². The number of anilines is 3. The Morgan fingerprint density at radius 2 is 1.85 bits per heavy atom. The molecule has 4 heterocycles. The quantitative estimate of drug-likeness (QED) is 0.241. The van der Waals surface area contributed by atoms with Gasteiger partial charge in [-0.3, -0.25) is 4.79 Å². The predicted octanol–water partition coefficient (Wildman–Crippen LogP) is 5.46. The molecule has 1 unspecified atom stereocenters. The molecule has 1 saturated heterocycles. The lowest BCUT2D eigenvalue weighted by Gasteiger charge is -2.31. The summed E-state index contributed by atoms with van der Waals surface area (Å²) in [7, 11) is 0. The second-order valence-corrected chi connectivity index (χ2v) is 11.4. The molecule has 0 radical (unpaired) electrons. The number of amides is 1. The van der Waals surface area contributed by atoms with Gasteiger partial charge in [-0.1, -0.05) is 18.2 Å². The lowest BCUT2D eigenvalue weighted by Crippen LogP contribution is -2.35. The van der Waals surface area contributed by atoms with Gasteiger partial charge in [0.25, 0.3) is 0 Å². The summed E-state index contributed by atoms with van der Waals surface area (Å²) in [4.78, 5) is 24.8. The minimum atomic E-state index is -0.470. The molecule has 40 heavy (non-hydrogen) atoms. The highest BCUT2D eigenvalue weighted by Gasteiger charge is 2.33. The second-order valence-electron chi connectivity index (χ2n) is 11.4. The van der Waals surface area contributed by atoms with E-state index in [0.717, 1.165) is 81.9 Å². The Balaban J connectivity index is 1.27. The van der Waals surface area contributed by atoms with Crippen molar-refractivity contribution in [1.82, 2.24) is 14.5 Å². The minimum absolute atomic E-state index is 0.0402. The molecule has 2 aromatic heterocycles. The molecule has 1 atom stereocenters. The fourth-order valence-corrected chi connectivity index (χ4v) is 6.33. The van der Waals surface area contributed by atoms with Crippen LogP contribution in [-0.2, 0) is 11.2 Å². The van der Waals surface area contributed by atoms with E-state index in [4.69, 9.17) is 4.98 Å². The summed E-state index contributed by atoms with van der Waals surface area (Å²) < 4.78 is 2.14. The Labute approximate surface area is 232 Å². The van der Waals surface area contributed by atoms with E-state index in [1.54, 1.807) is 0 Å². The monoisotopic (exact) mass is 532 g/mol. The zero-order valence-corrected chi connectivity index (χ0v) is 22.2. The van der Waals surface area contributed by atoms with Crippen molar-refractivity contribution in [3.63, 3.8) is 0 Å². The van der Waals surface area contributed by atoms with Gasteiger partial charge in [0.2, 0.25) is 5.91 Å². The number of carbonyl (C=O) groups is 1. The number of fused-ring (bicyclic) bond motifs is 6. The Morgan fingerprint density at radius 1 is 1.00 bits per heavy atom. The maximum atomic E-state index is 13.9. The summed E-state index contributed by atoms with van der Waals surface area (Å²) in [5, 5.41) is 18.0. The van der Waals surface area contributed by atoms with Gasteiger partial charge in [0.15, 0.2) is 0 Å². The molecule has 0 spiro atoms. The van der Waals surface area contributed by atoms with Crippen LogP contribution in [0, 0.1) is 0 Å². The van der Waals surface area contributed by atoms with Crippen molar-refractivity contribution in [2.24, 2.45) is 0 Å². The molecule has 3 aliphatic rings. The van der Waals surface area contributed by atoms with Crippen LogP contribution < -0.4 is 15.5 Å². The van der Waals surface area contributed by atoms with Gasteiger partial charge < -0.3 is 30.2 Å². The first kappa shape index (κ1) is 23.6. The molecule has 8 heteroatoms. The first-order valence-electron chi connectivity index (χ1n) is 14.3. The van der Waals surface area contributed by atoms with Crippen molar-refractivity contribution in [2.75, 3.05) is 28.6 Å². The van der Waals surface area contributed by atoms with E-state index in [9.17, 15) is 9.90 Å². The fraction of sp³-hybridized carbons (Fsp3) is 0.312.